The minimum Gasteiger partial charge on any atom is -0.494 e. The van der Waals surface area contributed by atoms with Gasteiger partial charge in [0.2, 0.25) is 0 Å². The molecule has 4 rings (SSSR count). The largest absolute Gasteiger partial charge is 0.494 e. The van der Waals surface area contributed by atoms with E-state index in [1.165, 1.54) is 0 Å². The predicted molar refractivity (Wildman–Crippen MR) is 102 cm³/mol. The predicted octanol–water partition coefficient (Wildman–Crippen LogP) is 4.11. The maximum Gasteiger partial charge on any atom is 0.199 e. The Labute approximate surface area is 151 Å². The summed E-state index contributed by atoms with van der Waals surface area (Å²) in [5, 5.41) is 18.1. The molecule has 4 aromatic rings. The molecule has 2 heterocycles. The molecule has 0 aliphatic rings. The molecule has 0 spiro atoms. The summed E-state index contributed by atoms with van der Waals surface area (Å²) in [6.45, 7) is 0. The molecule has 0 amide bonds. The maximum absolute atomic E-state index is 10.5. The van der Waals surface area contributed by atoms with E-state index in [4.69, 9.17) is 5.73 Å². The summed E-state index contributed by atoms with van der Waals surface area (Å²) in [6, 6.07) is 13.2. The van der Waals surface area contributed by atoms with Crippen molar-refractivity contribution in [3.8, 4) is 5.88 Å². The number of nitrogens with zero attached hydrogens (tertiary/aromatic N) is 2. The smallest absolute Gasteiger partial charge is 0.199 e. The zero-order valence-electron chi connectivity index (χ0n) is 13.0. The molecule has 7 heteroatoms. The van der Waals surface area contributed by atoms with Gasteiger partial charge in [-0.25, -0.2) is 4.99 Å². The van der Waals surface area contributed by atoms with Crippen LogP contribution in [-0.4, -0.2) is 26.0 Å². The number of aromatic nitrogens is 3. The van der Waals surface area contributed by atoms with Gasteiger partial charge in [-0.15, -0.1) is 0 Å². The van der Waals surface area contributed by atoms with Gasteiger partial charge in [-0.1, -0.05) is 28.1 Å². The molecule has 0 atom stereocenters. The summed E-state index contributed by atoms with van der Waals surface area (Å²) in [7, 11) is 0. The molecule has 124 valence electrons. The molecule has 0 aliphatic carbocycles. The van der Waals surface area contributed by atoms with Crippen LogP contribution in [0.15, 0.2) is 64.3 Å². The lowest BCUT2D eigenvalue weighted by molar-refractivity contribution is 0.457. The molecule has 6 nitrogen and oxygen atoms in total. The highest BCUT2D eigenvalue weighted by Crippen LogP contribution is 2.33. The van der Waals surface area contributed by atoms with Gasteiger partial charge in [0.15, 0.2) is 5.88 Å². The van der Waals surface area contributed by atoms with Crippen molar-refractivity contribution in [3.63, 3.8) is 0 Å². The van der Waals surface area contributed by atoms with E-state index in [9.17, 15) is 5.11 Å². The van der Waals surface area contributed by atoms with Gasteiger partial charge >= 0.3 is 0 Å². The Bertz CT molecular complexity index is 1080. The fraction of sp³-hybridized carbons (Fsp3) is 0. The Morgan fingerprint density at radius 1 is 1.20 bits per heavy atom. The van der Waals surface area contributed by atoms with E-state index < -0.39 is 0 Å². The summed E-state index contributed by atoms with van der Waals surface area (Å²) in [5.41, 5.74) is 10.1. The van der Waals surface area contributed by atoms with Crippen LogP contribution in [0.3, 0.4) is 0 Å². The number of H-pyrrole nitrogens is 2. The number of hydrogen-bond donors (Lipinski definition) is 4. The number of anilines is 1. The van der Waals surface area contributed by atoms with Crippen LogP contribution in [0.4, 0.5) is 11.4 Å². The van der Waals surface area contributed by atoms with Gasteiger partial charge in [0.1, 0.15) is 5.69 Å². The van der Waals surface area contributed by atoms with Crippen molar-refractivity contribution in [3.05, 3.63) is 70.5 Å². The van der Waals surface area contributed by atoms with Crippen molar-refractivity contribution in [2.75, 3.05) is 5.73 Å². The Morgan fingerprint density at radius 3 is 2.84 bits per heavy atom. The van der Waals surface area contributed by atoms with E-state index in [0.717, 1.165) is 20.9 Å². The van der Waals surface area contributed by atoms with Crippen LogP contribution in [0.2, 0.25) is 0 Å². The Balaban J connectivity index is 2.02. The monoisotopic (exact) mass is 395 g/mol. The second kappa shape index (κ2) is 6.10. The van der Waals surface area contributed by atoms with Crippen LogP contribution in [-0.2, 0) is 0 Å². The lowest BCUT2D eigenvalue weighted by Crippen LogP contribution is -2.03. The first-order chi connectivity index (χ1) is 12.1. The minimum absolute atomic E-state index is 0.0535. The number of aromatic hydroxyl groups is 1. The lowest BCUT2D eigenvalue weighted by atomic mass is 10.0. The van der Waals surface area contributed by atoms with Crippen LogP contribution in [0, 0.1) is 0 Å². The summed E-state index contributed by atoms with van der Waals surface area (Å²) in [4.78, 5) is 7.68. The molecular formula is C18H14BrN5O. The molecule has 25 heavy (non-hydrogen) atoms. The maximum atomic E-state index is 10.5. The van der Waals surface area contributed by atoms with Gasteiger partial charge in [0.25, 0.3) is 0 Å². The number of fused-ring (bicyclic) bond motifs is 1. The van der Waals surface area contributed by atoms with Crippen LogP contribution < -0.4 is 5.73 Å². The first kappa shape index (κ1) is 15.5. The van der Waals surface area contributed by atoms with Gasteiger partial charge in [0.05, 0.1) is 17.5 Å². The summed E-state index contributed by atoms with van der Waals surface area (Å²) in [5.74, 6) is 0.0535. The second-order valence-electron chi connectivity index (χ2n) is 5.58. The van der Waals surface area contributed by atoms with Crippen molar-refractivity contribution in [2.24, 2.45) is 4.99 Å². The lowest BCUT2D eigenvalue weighted by Gasteiger charge is -2.08. The van der Waals surface area contributed by atoms with Crippen molar-refractivity contribution >= 4 is 43.9 Å². The topological polar surface area (TPSA) is 103 Å². The fourth-order valence-corrected chi connectivity index (χ4v) is 3.14. The van der Waals surface area contributed by atoms with Crippen LogP contribution >= 0.6 is 15.9 Å². The molecule has 0 bridgehead atoms. The highest BCUT2D eigenvalue weighted by atomic mass is 79.9. The van der Waals surface area contributed by atoms with Crippen molar-refractivity contribution < 1.29 is 5.11 Å². The molecule has 0 unspecified atom stereocenters. The molecule has 5 N–H and O–H groups in total. The van der Waals surface area contributed by atoms with E-state index in [2.05, 4.69) is 36.1 Å². The van der Waals surface area contributed by atoms with E-state index in [-0.39, 0.29) is 5.88 Å². The number of halogens is 1. The van der Waals surface area contributed by atoms with Crippen molar-refractivity contribution in [2.45, 2.75) is 0 Å². The van der Waals surface area contributed by atoms with Crippen LogP contribution in [0.25, 0.3) is 10.9 Å². The third kappa shape index (κ3) is 2.89. The minimum atomic E-state index is 0.0535. The molecule has 0 radical (unpaired) electrons. The average Bonchev–Trinajstić information content (AvgIpc) is 3.20. The number of hydrogen-bond acceptors (Lipinski definition) is 4. The number of nitrogens with one attached hydrogen (secondary N) is 2. The highest BCUT2D eigenvalue weighted by molar-refractivity contribution is 9.10. The molecule has 0 fully saturated rings. The van der Waals surface area contributed by atoms with Crippen LogP contribution in [0.5, 0.6) is 5.88 Å². The van der Waals surface area contributed by atoms with Crippen molar-refractivity contribution in [1.29, 1.82) is 0 Å². The van der Waals surface area contributed by atoms with Gasteiger partial charge in [0, 0.05) is 32.8 Å². The quantitative estimate of drug-likeness (QED) is 0.310. The zero-order chi connectivity index (χ0) is 17.4. The third-order valence-electron chi connectivity index (χ3n) is 3.86. The third-order valence-corrected chi connectivity index (χ3v) is 4.36. The van der Waals surface area contributed by atoms with Gasteiger partial charge in [-0.05, 0) is 30.3 Å². The molecule has 2 aromatic heterocycles. The van der Waals surface area contributed by atoms with Gasteiger partial charge < -0.3 is 15.8 Å². The first-order valence-electron chi connectivity index (χ1n) is 7.56. The molecular weight excluding hydrogens is 382 g/mol. The summed E-state index contributed by atoms with van der Waals surface area (Å²) >= 11 is 3.48. The van der Waals surface area contributed by atoms with E-state index in [1.54, 1.807) is 12.4 Å². The van der Waals surface area contributed by atoms with Gasteiger partial charge in [-0.2, -0.15) is 5.10 Å². The first-order valence-corrected chi connectivity index (χ1v) is 8.35. The number of aliphatic imine (C=N–C) groups is 1. The normalized spacial score (nSPS) is 12.0. The fourth-order valence-electron chi connectivity index (χ4n) is 2.77. The van der Waals surface area contributed by atoms with E-state index in [0.29, 0.717) is 22.6 Å². The molecule has 2 aromatic carbocycles. The van der Waals surface area contributed by atoms with E-state index >= 15 is 0 Å². The van der Waals surface area contributed by atoms with E-state index in [1.807, 2.05) is 42.5 Å². The molecule has 0 saturated carbocycles. The average molecular weight is 396 g/mol. The Hall–Kier alpha value is -3.06. The second-order valence-corrected chi connectivity index (χ2v) is 6.50. The zero-order valence-corrected chi connectivity index (χ0v) is 14.6. The standard InChI is InChI=1S/C18H14BrN5O/c19-11-4-5-15-14(7-11)16(18(25)24-15)17(23-13-8-21-22-9-13)10-2-1-3-12(20)6-10/h1-9,24-25H,20H2,(H,21,22). The molecule has 0 aliphatic heterocycles. The Morgan fingerprint density at radius 2 is 2.08 bits per heavy atom. The van der Waals surface area contributed by atoms with Gasteiger partial charge in [-0.3, -0.25) is 5.10 Å². The van der Waals surface area contributed by atoms with Crippen LogP contribution in [0.1, 0.15) is 11.1 Å². The summed E-state index contributed by atoms with van der Waals surface area (Å²) < 4.78 is 0.912. The molecule has 0 saturated heterocycles. The summed E-state index contributed by atoms with van der Waals surface area (Å²) in [6.07, 6.45) is 3.31. The number of nitrogens with two attached hydrogens (primary N) is 1. The number of aromatic amines is 2. The highest BCUT2D eigenvalue weighted by Gasteiger charge is 2.19. The Kier molecular flexibility index (Phi) is 3.77. The number of nitrogen functional groups attached to an aromatic ring is 1. The number of rotatable bonds is 3. The van der Waals surface area contributed by atoms with Crippen molar-refractivity contribution in [1.82, 2.24) is 15.2 Å². The number of benzene rings is 2. The SMILES string of the molecule is Nc1cccc(C(=Nc2cn[nH]c2)c2c(O)[nH]c3ccc(Br)cc23)c1.